The van der Waals surface area contributed by atoms with Crippen LogP contribution >= 0.6 is 0 Å². The van der Waals surface area contributed by atoms with Crippen molar-refractivity contribution < 1.29 is 14.6 Å². The Hall–Kier alpha value is -1.89. The number of hydrogen-bond acceptors (Lipinski definition) is 5. The van der Waals surface area contributed by atoms with E-state index in [1.165, 1.54) is 38.2 Å². The normalized spacial score (nSPS) is 27.4. The Morgan fingerprint density at radius 3 is 2.63 bits per heavy atom. The average Bonchev–Trinajstić information content (AvgIpc) is 3.07. The molecule has 0 bridgehead atoms. The third-order valence-electron chi connectivity index (χ3n) is 6.93. The molecular formula is C24H32FN3O2. The quantitative estimate of drug-likeness (QED) is 0.649. The summed E-state index contributed by atoms with van der Waals surface area (Å²) < 4.78 is 14.2. The van der Waals surface area contributed by atoms with E-state index in [9.17, 15) is 14.6 Å². The molecule has 2 aromatic rings. The van der Waals surface area contributed by atoms with E-state index in [2.05, 4.69) is 15.3 Å². The molecule has 2 aliphatic rings. The van der Waals surface area contributed by atoms with Crippen molar-refractivity contribution >= 4 is 0 Å². The van der Waals surface area contributed by atoms with Crippen LogP contribution in [0.4, 0.5) is 4.39 Å². The summed E-state index contributed by atoms with van der Waals surface area (Å²) in [6.45, 7) is 0.926. The van der Waals surface area contributed by atoms with E-state index in [-0.39, 0.29) is 30.3 Å². The first kappa shape index (κ1) is 21.3. The van der Waals surface area contributed by atoms with Crippen LogP contribution in [0.5, 0.6) is 0 Å². The van der Waals surface area contributed by atoms with Gasteiger partial charge in [0.05, 0.1) is 11.7 Å². The van der Waals surface area contributed by atoms with Crippen LogP contribution in [0.1, 0.15) is 44.2 Å². The summed E-state index contributed by atoms with van der Waals surface area (Å²) in [4.78, 5) is 8.85. The molecule has 2 aliphatic carbocycles. The number of benzene rings is 1. The summed E-state index contributed by atoms with van der Waals surface area (Å²) in [6.07, 6.45) is 8.91. The zero-order chi connectivity index (χ0) is 20.9. The van der Waals surface area contributed by atoms with Crippen molar-refractivity contribution in [2.75, 3.05) is 13.2 Å². The summed E-state index contributed by atoms with van der Waals surface area (Å²) in [6, 6.07) is 8.50. The van der Waals surface area contributed by atoms with Crippen molar-refractivity contribution in [3.63, 3.8) is 0 Å². The number of aromatic nitrogens is 2. The van der Waals surface area contributed by atoms with Gasteiger partial charge in [0, 0.05) is 30.5 Å². The minimum Gasteiger partial charge on any atom is -0.396 e. The summed E-state index contributed by atoms with van der Waals surface area (Å²) in [5, 5.41) is 24.1. The molecule has 1 aromatic heterocycles. The molecule has 6 heteroatoms. The Morgan fingerprint density at radius 2 is 1.87 bits per heavy atom. The topological polar surface area (TPSA) is 78.3 Å². The highest BCUT2D eigenvalue weighted by atomic mass is 19.1. The maximum atomic E-state index is 14.2. The van der Waals surface area contributed by atoms with Crippen molar-refractivity contribution in [2.45, 2.75) is 57.1 Å². The highest BCUT2D eigenvalue weighted by Gasteiger charge is 2.42. The fourth-order valence-corrected chi connectivity index (χ4v) is 5.21. The lowest BCUT2D eigenvalue weighted by Crippen LogP contribution is -2.39. The molecular weight excluding hydrogens is 381 g/mol. The summed E-state index contributed by atoms with van der Waals surface area (Å²) >= 11 is 0. The standard InChI is InChI=1S/C24H32FN3O2/c25-21-9-5-4-8-18(21)24-26-11-10-17(28-24)12-19-20(15-29)23(30)13-22(19)27-14-16-6-2-1-3-7-16/h4-5,8-11,16,19-20,22-23,27,29-30H,1-3,6-7,12-15H2/t19-,20-,22-,23-/m1/s1. The Kier molecular flexibility index (Phi) is 7.08. The van der Waals surface area contributed by atoms with Crippen LogP contribution < -0.4 is 5.32 Å². The van der Waals surface area contributed by atoms with Crippen LogP contribution in [0, 0.1) is 23.6 Å². The first-order chi connectivity index (χ1) is 14.7. The predicted molar refractivity (Wildman–Crippen MR) is 114 cm³/mol. The van der Waals surface area contributed by atoms with Gasteiger partial charge in [-0.05, 0) is 62.3 Å². The lowest BCUT2D eigenvalue weighted by molar-refractivity contribution is 0.0716. The van der Waals surface area contributed by atoms with Crippen LogP contribution in [0.15, 0.2) is 36.5 Å². The van der Waals surface area contributed by atoms with Crippen molar-refractivity contribution in [3.05, 3.63) is 48.0 Å². The Labute approximate surface area is 177 Å². The van der Waals surface area contributed by atoms with Gasteiger partial charge < -0.3 is 15.5 Å². The summed E-state index contributed by atoms with van der Waals surface area (Å²) in [5.74, 6) is 0.636. The zero-order valence-electron chi connectivity index (χ0n) is 17.4. The van der Waals surface area contributed by atoms with Crippen LogP contribution in [0.25, 0.3) is 11.4 Å². The van der Waals surface area contributed by atoms with Crippen molar-refractivity contribution in [1.82, 2.24) is 15.3 Å². The number of nitrogens with zero attached hydrogens (tertiary/aromatic N) is 2. The van der Waals surface area contributed by atoms with E-state index in [1.807, 2.05) is 6.07 Å². The number of nitrogens with one attached hydrogen (secondary N) is 1. The van der Waals surface area contributed by atoms with E-state index < -0.39 is 6.10 Å². The molecule has 0 aliphatic heterocycles. The fraction of sp³-hybridized carbons (Fsp3) is 0.583. The largest absolute Gasteiger partial charge is 0.396 e. The number of hydrogen-bond donors (Lipinski definition) is 3. The average molecular weight is 414 g/mol. The summed E-state index contributed by atoms with van der Waals surface area (Å²) in [5.41, 5.74) is 1.20. The van der Waals surface area contributed by atoms with Gasteiger partial charge in [0.25, 0.3) is 0 Å². The highest BCUT2D eigenvalue weighted by molar-refractivity contribution is 5.55. The van der Waals surface area contributed by atoms with Crippen LogP contribution in [-0.2, 0) is 6.42 Å². The molecule has 30 heavy (non-hydrogen) atoms. The lowest BCUT2D eigenvalue weighted by Gasteiger charge is -2.28. The van der Waals surface area contributed by atoms with Gasteiger partial charge in [0.1, 0.15) is 5.82 Å². The maximum Gasteiger partial charge on any atom is 0.162 e. The second-order valence-corrected chi connectivity index (χ2v) is 8.89. The molecule has 4 rings (SSSR count). The zero-order valence-corrected chi connectivity index (χ0v) is 17.4. The van der Waals surface area contributed by atoms with Gasteiger partial charge >= 0.3 is 0 Å². The van der Waals surface area contributed by atoms with E-state index in [4.69, 9.17) is 0 Å². The molecule has 4 atom stereocenters. The van der Waals surface area contributed by atoms with E-state index in [1.54, 1.807) is 24.4 Å². The second kappa shape index (κ2) is 9.94. The van der Waals surface area contributed by atoms with E-state index in [0.717, 1.165) is 12.2 Å². The van der Waals surface area contributed by atoms with E-state index >= 15 is 0 Å². The Balaban J connectivity index is 1.48. The molecule has 5 nitrogen and oxygen atoms in total. The smallest absolute Gasteiger partial charge is 0.162 e. The third kappa shape index (κ3) is 4.88. The second-order valence-electron chi connectivity index (χ2n) is 8.89. The maximum absolute atomic E-state index is 14.2. The molecule has 0 saturated heterocycles. The molecule has 162 valence electrons. The molecule has 1 heterocycles. The van der Waals surface area contributed by atoms with Crippen LogP contribution in [-0.4, -0.2) is 45.5 Å². The molecule has 2 saturated carbocycles. The van der Waals surface area contributed by atoms with Crippen molar-refractivity contribution in [1.29, 1.82) is 0 Å². The first-order valence-corrected chi connectivity index (χ1v) is 11.2. The summed E-state index contributed by atoms with van der Waals surface area (Å²) in [7, 11) is 0. The molecule has 0 amide bonds. The molecule has 3 N–H and O–H groups in total. The molecule has 0 radical (unpaired) electrons. The first-order valence-electron chi connectivity index (χ1n) is 11.2. The number of aliphatic hydroxyl groups is 2. The van der Waals surface area contributed by atoms with Gasteiger partial charge in [0.15, 0.2) is 5.82 Å². The number of rotatable bonds is 7. The Bertz CT molecular complexity index is 828. The van der Waals surface area contributed by atoms with Gasteiger partial charge in [-0.3, -0.25) is 0 Å². The van der Waals surface area contributed by atoms with Crippen LogP contribution in [0.3, 0.4) is 0 Å². The van der Waals surface area contributed by atoms with Gasteiger partial charge in [-0.15, -0.1) is 0 Å². The van der Waals surface area contributed by atoms with Crippen molar-refractivity contribution in [2.24, 2.45) is 17.8 Å². The van der Waals surface area contributed by atoms with Crippen molar-refractivity contribution in [3.8, 4) is 11.4 Å². The lowest BCUT2D eigenvalue weighted by atomic mass is 9.87. The van der Waals surface area contributed by atoms with Gasteiger partial charge in [0.2, 0.25) is 0 Å². The Morgan fingerprint density at radius 1 is 1.07 bits per heavy atom. The van der Waals surface area contributed by atoms with Crippen LogP contribution in [0.2, 0.25) is 0 Å². The molecule has 0 unspecified atom stereocenters. The third-order valence-corrected chi connectivity index (χ3v) is 6.93. The fourth-order valence-electron chi connectivity index (χ4n) is 5.21. The minimum absolute atomic E-state index is 0.0430. The molecule has 0 spiro atoms. The van der Waals surface area contributed by atoms with Gasteiger partial charge in [-0.25, -0.2) is 14.4 Å². The predicted octanol–water partition coefficient (Wildman–Crippen LogP) is 3.35. The molecule has 2 fully saturated rings. The number of halogens is 1. The highest BCUT2D eigenvalue weighted by Crippen LogP contribution is 2.35. The SMILES string of the molecule is OC[C@@H]1[C@@H](Cc2ccnc(-c3ccccc3F)n2)[C@H](NCC2CCCCC2)C[C@H]1O. The van der Waals surface area contributed by atoms with Gasteiger partial charge in [-0.1, -0.05) is 31.4 Å². The monoisotopic (exact) mass is 413 g/mol. The molecule has 1 aromatic carbocycles. The van der Waals surface area contributed by atoms with E-state index in [0.29, 0.717) is 30.1 Å². The number of aliphatic hydroxyl groups excluding tert-OH is 2. The van der Waals surface area contributed by atoms with Gasteiger partial charge in [-0.2, -0.15) is 0 Å². The minimum atomic E-state index is -0.517.